The van der Waals surface area contributed by atoms with Gasteiger partial charge in [0.1, 0.15) is 0 Å². The van der Waals surface area contributed by atoms with Crippen LogP contribution in [0.2, 0.25) is 5.02 Å². The molecule has 1 aliphatic carbocycles. The standard InChI is InChI=1S/C19H15BrClNO2/c20-12-4-1-3-10(7-12)17-14-6-2-5-13(14)15-8-11(19(23)24)9-16(21)18(15)22-17/h1-5,7-9,13-14,17,22H,6H2,(H,23,24)/t13-,14-,17+/m1/s1. The van der Waals surface area contributed by atoms with Crippen molar-refractivity contribution in [3.05, 3.63) is 74.7 Å². The topological polar surface area (TPSA) is 49.3 Å². The Bertz CT molecular complexity index is 864. The van der Waals surface area contributed by atoms with Gasteiger partial charge in [-0.25, -0.2) is 4.79 Å². The number of rotatable bonds is 2. The van der Waals surface area contributed by atoms with Crippen LogP contribution in [0, 0.1) is 5.92 Å². The van der Waals surface area contributed by atoms with E-state index in [1.165, 1.54) is 11.6 Å². The summed E-state index contributed by atoms with van der Waals surface area (Å²) in [5.74, 6) is -0.415. The largest absolute Gasteiger partial charge is 0.478 e. The Hall–Kier alpha value is -1.78. The van der Waals surface area contributed by atoms with Crippen LogP contribution >= 0.6 is 27.5 Å². The van der Waals surface area contributed by atoms with Crippen LogP contribution in [0.25, 0.3) is 0 Å². The molecule has 0 saturated heterocycles. The Morgan fingerprint density at radius 1 is 1.29 bits per heavy atom. The van der Waals surface area contributed by atoms with Gasteiger partial charge in [-0.2, -0.15) is 0 Å². The van der Waals surface area contributed by atoms with Crippen LogP contribution in [0.4, 0.5) is 5.69 Å². The summed E-state index contributed by atoms with van der Waals surface area (Å²) in [6.45, 7) is 0. The highest BCUT2D eigenvalue weighted by Gasteiger charge is 2.39. The van der Waals surface area contributed by atoms with Crippen LogP contribution in [0.5, 0.6) is 0 Å². The van der Waals surface area contributed by atoms with E-state index in [1.807, 2.05) is 12.1 Å². The Kier molecular flexibility index (Phi) is 3.89. The summed E-state index contributed by atoms with van der Waals surface area (Å²) in [6, 6.07) is 11.7. The van der Waals surface area contributed by atoms with Crippen molar-refractivity contribution in [1.29, 1.82) is 0 Å². The number of benzene rings is 2. The highest BCUT2D eigenvalue weighted by molar-refractivity contribution is 9.10. The Morgan fingerprint density at radius 2 is 2.12 bits per heavy atom. The maximum absolute atomic E-state index is 11.4. The molecule has 0 bridgehead atoms. The molecule has 0 unspecified atom stereocenters. The summed E-state index contributed by atoms with van der Waals surface area (Å²) in [7, 11) is 0. The molecular weight excluding hydrogens is 390 g/mol. The fraction of sp³-hybridized carbons (Fsp3) is 0.211. The third-order valence-electron chi connectivity index (χ3n) is 4.88. The number of aromatic carboxylic acids is 1. The number of fused-ring (bicyclic) bond motifs is 3. The lowest BCUT2D eigenvalue weighted by molar-refractivity contribution is 0.0696. The quantitative estimate of drug-likeness (QED) is 0.638. The molecule has 3 nitrogen and oxygen atoms in total. The summed E-state index contributed by atoms with van der Waals surface area (Å²) in [4.78, 5) is 11.4. The van der Waals surface area contributed by atoms with Gasteiger partial charge >= 0.3 is 5.97 Å². The molecule has 24 heavy (non-hydrogen) atoms. The molecule has 0 amide bonds. The minimum absolute atomic E-state index is 0.142. The molecule has 4 rings (SSSR count). The number of nitrogens with one attached hydrogen (secondary N) is 1. The van der Waals surface area contributed by atoms with Gasteiger partial charge in [-0.3, -0.25) is 0 Å². The van der Waals surface area contributed by atoms with E-state index in [1.54, 1.807) is 6.07 Å². The van der Waals surface area contributed by atoms with Gasteiger partial charge in [-0.15, -0.1) is 0 Å². The van der Waals surface area contributed by atoms with Gasteiger partial charge in [0.05, 0.1) is 22.3 Å². The summed E-state index contributed by atoms with van der Waals surface area (Å²) in [5.41, 5.74) is 3.26. The Labute approximate surface area is 153 Å². The highest BCUT2D eigenvalue weighted by Crippen LogP contribution is 2.51. The fourth-order valence-electron chi connectivity index (χ4n) is 3.81. The van der Waals surface area contributed by atoms with Crippen molar-refractivity contribution in [2.45, 2.75) is 18.4 Å². The van der Waals surface area contributed by atoms with E-state index in [0.717, 1.165) is 22.1 Å². The number of allylic oxidation sites excluding steroid dienone is 2. The van der Waals surface area contributed by atoms with Gasteiger partial charge in [0.2, 0.25) is 0 Å². The summed E-state index contributed by atoms with van der Waals surface area (Å²) in [5, 5.41) is 13.3. The molecule has 0 fully saturated rings. The van der Waals surface area contributed by atoms with Gasteiger partial charge < -0.3 is 10.4 Å². The number of halogens is 2. The Morgan fingerprint density at radius 3 is 2.88 bits per heavy atom. The lowest BCUT2D eigenvalue weighted by Gasteiger charge is -2.38. The molecule has 0 spiro atoms. The first-order chi connectivity index (χ1) is 11.5. The Balaban J connectivity index is 1.83. The van der Waals surface area contributed by atoms with Gasteiger partial charge in [0.25, 0.3) is 0 Å². The van der Waals surface area contributed by atoms with Crippen LogP contribution in [0.3, 0.4) is 0 Å². The number of hydrogen-bond donors (Lipinski definition) is 2. The average Bonchev–Trinajstić information content (AvgIpc) is 3.04. The summed E-state index contributed by atoms with van der Waals surface area (Å²) in [6.07, 6.45) is 5.32. The van der Waals surface area contributed by atoms with Gasteiger partial charge in [-0.05, 0) is 47.7 Å². The molecule has 2 aromatic carbocycles. The zero-order valence-electron chi connectivity index (χ0n) is 12.7. The minimum Gasteiger partial charge on any atom is -0.478 e. The lowest BCUT2D eigenvalue weighted by atomic mass is 9.76. The molecule has 122 valence electrons. The van der Waals surface area contributed by atoms with Crippen LogP contribution in [-0.4, -0.2) is 11.1 Å². The number of carboxylic acid groups (broad SMARTS) is 1. The molecule has 5 heteroatoms. The lowest BCUT2D eigenvalue weighted by Crippen LogP contribution is -2.29. The number of hydrogen-bond acceptors (Lipinski definition) is 2. The van der Waals surface area contributed by atoms with E-state index in [4.69, 9.17) is 11.6 Å². The maximum atomic E-state index is 11.4. The smallest absolute Gasteiger partial charge is 0.335 e. The predicted molar refractivity (Wildman–Crippen MR) is 98.9 cm³/mol. The van der Waals surface area contributed by atoms with E-state index in [2.05, 4.69) is 45.5 Å². The first-order valence-electron chi connectivity index (χ1n) is 7.80. The molecule has 2 N–H and O–H groups in total. The van der Waals surface area contributed by atoms with Crippen LogP contribution in [0.15, 0.2) is 53.0 Å². The second-order valence-corrected chi connectivity index (χ2v) is 7.58. The van der Waals surface area contributed by atoms with E-state index in [0.29, 0.717) is 10.9 Å². The first-order valence-corrected chi connectivity index (χ1v) is 8.97. The van der Waals surface area contributed by atoms with Gasteiger partial charge in [-0.1, -0.05) is 51.8 Å². The molecule has 0 saturated carbocycles. The molecule has 2 aliphatic rings. The fourth-order valence-corrected chi connectivity index (χ4v) is 4.51. The van der Waals surface area contributed by atoms with Crippen molar-refractivity contribution in [2.75, 3.05) is 5.32 Å². The normalized spacial score (nSPS) is 24.2. The predicted octanol–water partition coefficient (Wildman–Crippen LogP) is 5.63. The van der Waals surface area contributed by atoms with Crippen LogP contribution in [-0.2, 0) is 0 Å². The van der Waals surface area contributed by atoms with Crippen LogP contribution < -0.4 is 5.32 Å². The zero-order valence-corrected chi connectivity index (χ0v) is 15.0. The molecule has 1 heterocycles. The van der Waals surface area contributed by atoms with Crippen molar-refractivity contribution < 1.29 is 9.90 Å². The SMILES string of the molecule is O=C(O)c1cc(Cl)c2c(c1)[C@@H]1C=CC[C@H]1[C@H](c1cccc(Br)c1)N2. The van der Waals surface area contributed by atoms with Crippen molar-refractivity contribution >= 4 is 39.2 Å². The van der Waals surface area contributed by atoms with Gasteiger partial charge in [0.15, 0.2) is 0 Å². The summed E-state index contributed by atoms with van der Waals surface area (Å²) >= 11 is 9.94. The van der Waals surface area contributed by atoms with Crippen molar-refractivity contribution in [1.82, 2.24) is 0 Å². The third-order valence-corrected chi connectivity index (χ3v) is 5.67. The van der Waals surface area contributed by atoms with Crippen molar-refractivity contribution in [2.24, 2.45) is 5.92 Å². The molecule has 2 aromatic rings. The second kappa shape index (κ2) is 5.94. The minimum atomic E-state index is -0.952. The van der Waals surface area contributed by atoms with Crippen molar-refractivity contribution in [3.8, 4) is 0 Å². The van der Waals surface area contributed by atoms with Crippen LogP contribution in [0.1, 0.15) is 39.9 Å². The molecule has 3 atom stereocenters. The monoisotopic (exact) mass is 403 g/mol. The number of carboxylic acids is 1. The molecule has 0 aromatic heterocycles. The van der Waals surface area contributed by atoms with E-state index < -0.39 is 5.97 Å². The third kappa shape index (κ3) is 2.54. The molecule has 0 radical (unpaired) electrons. The maximum Gasteiger partial charge on any atom is 0.335 e. The van der Waals surface area contributed by atoms with E-state index >= 15 is 0 Å². The number of carbonyl (C=O) groups is 1. The summed E-state index contributed by atoms with van der Waals surface area (Å²) < 4.78 is 1.04. The van der Waals surface area contributed by atoms with Gasteiger partial charge in [0, 0.05) is 10.4 Å². The highest BCUT2D eigenvalue weighted by atomic mass is 79.9. The molecule has 1 aliphatic heterocycles. The zero-order chi connectivity index (χ0) is 16.8. The van der Waals surface area contributed by atoms with E-state index in [9.17, 15) is 9.90 Å². The molecular formula is C19H15BrClNO2. The number of anilines is 1. The van der Waals surface area contributed by atoms with Crippen molar-refractivity contribution in [3.63, 3.8) is 0 Å². The first kappa shape index (κ1) is 15.7. The second-order valence-electron chi connectivity index (χ2n) is 6.26. The van der Waals surface area contributed by atoms with E-state index in [-0.39, 0.29) is 17.5 Å². The average molecular weight is 405 g/mol.